The van der Waals surface area contributed by atoms with Crippen LogP contribution >= 0.6 is 11.6 Å². The lowest BCUT2D eigenvalue weighted by molar-refractivity contribution is -0.155. The van der Waals surface area contributed by atoms with Crippen LogP contribution in [0.2, 0.25) is 0 Å². The first-order valence-electron chi connectivity index (χ1n) is 8.29. The van der Waals surface area contributed by atoms with Crippen molar-refractivity contribution in [3.05, 3.63) is 0 Å². The number of amides is 1. The minimum absolute atomic E-state index is 0.0283. The predicted octanol–water partition coefficient (Wildman–Crippen LogP) is 3.97. The zero-order valence-electron chi connectivity index (χ0n) is 12.9. The Bertz CT molecular complexity index is 380. The molecule has 4 saturated carbocycles. The number of nitrogens with one attached hydrogen (secondary N) is 1. The molecule has 3 heteroatoms. The molecule has 0 radical (unpaired) electrons. The van der Waals surface area contributed by atoms with Gasteiger partial charge < -0.3 is 5.32 Å². The van der Waals surface area contributed by atoms with Gasteiger partial charge in [0, 0.05) is 12.4 Å². The molecule has 114 valence electrons. The molecule has 4 aliphatic rings. The second-order valence-corrected chi connectivity index (χ2v) is 8.72. The van der Waals surface area contributed by atoms with Crippen LogP contribution in [0.15, 0.2) is 0 Å². The maximum atomic E-state index is 12.8. The van der Waals surface area contributed by atoms with E-state index in [0.717, 1.165) is 44.1 Å². The van der Waals surface area contributed by atoms with Crippen molar-refractivity contribution in [2.45, 2.75) is 58.8 Å². The van der Waals surface area contributed by atoms with Gasteiger partial charge in [-0.25, -0.2) is 0 Å². The highest BCUT2D eigenvalue weighted by molar-refractivity contribution is 6.17. The van der Waals surface area contributed by atoms with Crippen LogP contribution < -0.4 is 5.32 Å². The summed E-state index contributed by atoms with van der Waals surface area (Å²) in [7, 11) is 0. The van der Waals surface area contributed by atoms with Crippen molar-refractivity contribution in [2.75, 3.05) is 12.4 Å². The van der Waals surface area contributed by atoms with Crippen LogP contribution in [-0.4, -0.2) is 18.3 Å². The molecule has 4 fully saturated rings. The highest BCUT2D eigenvalue weighted by Crippen LogP contribution is 2.65. The summed E-state index contributed by atoms with van der Waals surface area (Å²) in [5.41, 5.74) is 0.419. The van der Waals surface area contributed by atoms with Gasteiger partial charge in [-0.15, -0.1) is 11.6 Å². The van der Waals surface area contributed by atoms with E-state index < -0.39 is 0 Å². The molecule has 0 heterocycles. The van der Waals surface area contributed by atoms with E-state index in [-0.39, 0.29) is 5.41 Å². The molecular weight excluding hydrogens is 270 g/mol. The summed E-state index contributed by atoms with van der Waals surface area (Å²) in [6.45, 7) is 5.38. The number of carbonyl (C=O) groups excluding carboxylic acids is 1. The lowest BCUT2D eigenvalue weighted by Gasteiger charge is -2.60. The summed E-state index contributed by atoms with van der Waals surface area (Å²) in [6, 6.07) is 0. The van der Waals surface area contributed by atoms with Crippen molar-refractivity contribution < 1.29 is 4.79 Å². The first kappa shape index (κ1) is 14.7. The Morgan fingerprint density at radius 2 is 1.95 bits per heavy atom. The minimum atomic E-state index is -0.0283. The second-order valence-electron chi connectivity index (χ2n) is 8.34. The quantitative estimate of drug-likeness (QED) is 0.764. The third kappa shape index (κ3) is 2.61. The molecule has 1 amide bonds. The molecule has 0 spiro atoms. The van der Waals surface area contributed by atoms with Gasteiger partial charge in [-0.3, -0.25) is 4.79 Å². The van der Waals surface area contributed by atoms with E-state index in [2.05, 4.69) is 19.2 Å². The fourth-order valence-electron chi connectivity index (χ4n) is 5.73. The standard InChI is InChI=1S/C17H28ClNO/c1-12(3-4-18)10-19-15(20)17-8-13-5-14(9-17)7-16(2,6-13)11-17/h12-14H,3-11H2,1-2H3,(H,19,20). The van der Waals surface area contributed by atoms with Gasteiger partial charge in [0.05, 0.1) is 5.41 Å². The molecule has 0 aromatic carbocycles. The van der Waals surface area contributed by atoms with Gasteiger partial charge in [-0.1, -0.05) is 13.8 Å². The number of rotatable bonds is 5. The number of alkyl halides is 1. The normalized spacial score (nSPS) is 43.5. The van der Waals surface area contributed by atoms with E-state index in [1.54, 1.807) is 0 Å². The monoisotopic (exact) mass is 297 g/mol. The third-order valence-electron chi connectivity index (χ3n) is 6.05. The van der Waals surface area contributed by atoms with Crippen LogP contribution in [0.1, 0.15) is 58.8 Å². The van der Waals surface area contributed by atoms with E-state index in [1.165, 1.54) is 19.3 Å². The molecule has 2 nitrogen and oxygen atoms in total. The van der Waals surface area contributed by atoms with Crippen molar-refractivity contribution in [1.82, 2.24) is 5.32 Å². The van der Waals surface area contributed by atoms with Crippen molar-refractivity contribution >= 4 is 17.5 Å². The molecular formula is C17H28ClNO. The number of carbonyl (C=O) groups is 1. The Hall–Kier alpha value is -0.240. The number of halogens is 1. The Kier molecular flexibility index (Phi) is 3.81. The lowest BCUT2D eigenvalue weighted by atomic mass is 9.44. The average molecular weight is 298 g/mol. The minimum Gasteiger partial charge on any atom is -0.355 e. The molecule has 4 rings (SSSR count). The highest BCUT2D eigenvalue weighted by atomic mass is 35.5. The Morgan fingerprint density at radius 1 is 1.30 bits per heavy atom. The summed E-state index contributed by atoms with van der Waals surface area (Å²) < 4.78 is 0. The van der Waals surface area contributed by atoms with E-state index in [4.69, 9.17) is 11.6 Å². The molecule has 0 aromatic rings. The van der Waals surface area contributed by atoms with Crippen LogP contribution in [0.4, 0.5) is 0 Å². The maximum Gasteiger partial charge on any atom is 0.226 e. The molecule has 0 saturated heterocycles. The highest BCUT2D eigenvalue weighted by Gasteiger charge is 2.58. The van der Waals surface area contributed by atoms with E-state index in [9.17, 15) is 4.79 Å². The van der Waals surface area contributed by atoms with E-state index in [0.29, 0.717) is 23.1 Å². The van der Waals surface area contributed by atoms with Crippen LogP contribution in [0.25, 0.3) is 0 Å². The third-order valence-corrected chi connectivity index (χ3v) is 6.27. The largest absolute Gasteiger partial charge is 0.355 e. The Labute approximate surface area is 128 Å². The SMILES string of the molecule is CC(CCCl)CNC(=O)C12CC3CC(CC(C)(C3)C1)C2. The molecule has 3 unspecified atom stereocenters. The van der Waals surface area contributed by atoms with Crippen molar-refractivity contribution in [2.24, 2.45) is 28.6 Å². The van der Waals surface area contributed by atoms with Crippen molar-refractivity contribution in [3.8, 4) is 0 Å². The Balaban J connectivity index is 1.65. The van der Waals surface area contributed by atoms with Gasteiger partial charge in [-0.05, 0) is 68.1 Å². The number of hydrogen-bond donors (Lipinski definition) is 1. The number of hydrogen-bond acceptors (Lipinski definition) is 1. The van der Waals surface area contributed by atoms with Gasteiger partial charge in [0.25, 0.3) is 0 Å². The molecule has 20 heavy (non-hydrogen) atoms. The maximum absolute atomic E-state index is 12.8. The zero-order valence-corrected chi connectivity index (χ0v) is 13.6. The van der Waals surface area contributed by atoms with Crippen molar-refractivity contribution in [1.29, 1.82) is 0 Å². The first-order valence-corrected chi connectivity index (χ1v) is 8.82. The molecule has 0 aliphatic heterocycles. The fraction of sp³-hybridized carbons (Fsp3) is 0.941. The van der Waals surface area contributed by atoms with Crippen LogP contribution in [0.3, 0.4) is 0 Å². The van der Waals surface area contributed by atoms with Gasteiger partial charge >= 0.3 is 0 Å². The second kappa shape index (κ2) is 5.19. The smallest absolute Gasteiger partial charge is 0.226 e. The topological polar surface area (TPSA) is 29.1 Å². The summed E-state index contributed by atoms with van der Waals surface area (Å²) >= 11 is 5.77. The zero-order chi connectivity index (χ0) is 14.4. The van der Waals surface area contributed by atoms with E-state index >= 15 is 0 Å². The Morgan fingerprint density at radius 3 is 2.50 bits per heavy atom. The van der Waals surface area contributed by atoms with Gasteiger partial charge in [0.2, 0.25) is 5.91 Å². The summed E-state index contributed by atoms with van der Waals surface area (Å²) in [5.74, 6) is 3.14. The van der Waals surface area contributed by atoms with Gasteiger partial charge in [0.1, 0.15) is 0 Å². The van der Waals surface area contributed by atoms with Crippen LogP contribution in [0, 0.1) is 28.6 Å². The molecule has 4 aliphatic carbocycles. The summed E-state index contributed by atoms with van der Waals surface area (Å²) in [6.07, 6.45) is 8.51. The summed E-state index contributed by atoms with van der Waals surface area (Å²) in [5, 5.41) is 3.24. The molecule has 3 atom stereocenters. The van der Waals surface area contributed by atoms with Gasteiger partial charge in [0.15, 0.2) is 0 Å². The van der Waals surface area contributed by atoms with Crippen LogP contribution in [-0.2, 0) is 4.79 Å². The predicted molar refractivity (Wildman–Crippen MR) is 82.7 cm³/mol. The lowest BCUT2D eigenvalue weighted by Crippen LogP contribution is -2.57. The van der Waals surface area contributed by atoms with Crippen molar-refractivity contribution in [3.63, 3.8) is 0 Å². The van der Waals surface area contributed by atoms with Crippen LogP contribution in [0.5, 0.6) is 0 Å². The average Bonchev–Trinajstić information content (AvgIpc) is 2.33. The summed E-state index contributed by atoms with van der Waals surface area (Å²) in [4.78, 5) is 12.8. The van der Waals surface area contributed by atoms with Gasteiger partial charge in [-0.2, -0.15) is 0 Å². The first-order chi connectivity index (χ1) is 9.45. The molecule has 4 bridgehead atoms. The molecule has 1 N–H and O–H groups in total. The fourth-order valence-corrected chi connectivity index (χ4v) is 6.10. The molecule has 0 aromatic heterocycles. The van der Waals surface area contributed by atoms with E-state index in [1.807, 2.05) is 0 Å².